The highest BCUT2D eigenvalue weighted by Crippen LogP contribution is 2.10. The van der Waals surface area contributed by atoms with Crippen molar-refractivity contribution in [3.63, 3.8) is 0 Å². The SMILES string of the molecule is COCC(C)(C)n1c(=O)cc(Cl)[nH]c1=O. The van der Waals surface area contributed by atoms with Crippen LogP contribution in [0.2, 0.25) is 5.15 Å². The molecular weight excluding hydrogens is 220 g/mol. The largest absolute Gasteiger partial charge is 0.382 e. The standard InChI is InChI=1S/C9H13ClN2O3/c1-9(2,5-15-3)12-7(13)4-6(10)11-8(12)14/h4H,5H2,1-3H3,(H,11,14). The fourth-order valence-corrected chi connectivity index (χ4v) is 1.63. The minimum atomic E-state index is -0.704. The average Bonchev–Trinajstić information content (AvgIpc) is 1.99. The molecule has 1 N–H and O–H groups in total. The van der Waals surface area contributed by atoms with E-state index in [4.69, 9.17) is 16.3 Å². The molecule has 84 valence electrons. The number of hydrogen-bond acceptors (Lipinski definition) is 3. The predicted octanol–water partition coefficient (Wildman–Crippen LogP) is 0.572. The smallest absolute Gasteiger partial charge is 0.330 e. The maximum absolute atomic E-state index is 11.6. The number of aromatic amines is 1. The molecule has 0 radical (unpaired) electrons. The summed E-state index contributed by atoms with van der Waals surface area (Å²) in [4.78, 5) is 25.5. The highest BCUT2D eigenvalue weighted by Gasteiger charge is 2.24. The van der Waals surface area contributed by atoms with E-state index in [9.17, 15) is 9.59 Å². The fourth-order valence-electron chi connectivity index (χ4n) is 1.46. The number of nitrogens with zero attached hydrogens (tertiary/aromatic N) is 1. The molecule has 1 heterocycles. The third-order valence-electron chi connectivity index (χ3n) is 2.00. The highest BCUT2D eigenvalue weighted by molar-refractivity contribution is 6.29. The summed E-state index contributed by atoms with van der Waals surface area (Å²) in [5, 5.41) is 0.0365. The Kier molecular flexibility index (Phi) is 3.36. The van der Waals surface area contributed by atoms with Gasteiger partial charge in [-0.15, -0.1) is 0 Å². The van der Waals surface area contributed by atoms with Crippen LogP contribution in [0.25, 0.3) is 0 Å². The Balaban J connectivity index is 3.38. The minimum absolute atomic E-state index is 0.0365. The average molecular weight is 233 g/mol. The second-order valence-corrected chi connectivity index (χ2v) is 4.25. The molecular formula is C9H13ClN2O3. The number of aromatic nitrogens is 2. The quantitative estimate of drug-likeness (QED) is 0.775. The first-order chi connectivity index (χ1) is 6.88. The van der Waals surface area contributed by atoms with E-state index in [1.807, 2.05) is 0 Å². The molecule has 1 rings (SSSR count). The molecule has 0 aliphatic carbocycles. The fraction of sp³-hybridized carbons (Fsp3) is 0.556. The van der Waals surface area contributed by atoms with Crippen LogP contribution >= 0.6 is 11.6 Å². The second kappa shape index (κ2) is 4.20. The Bertz CT molecular complexity index is 430. The van der Waals surface area contributed by atoms with Crippen molar-refractivity contribution in [2.24, 2.45) is 0 Å². The molecule has 1 aromatic rings. The highest BCUT2D eigenvalue weighted by atomic mass is 35.5. The summed E-state index contributed by atoms with van der Waals surface area (Å²) >= 11 is 5.55. The molecule has 5 nitrogen and oxygen atoms in total. The van der Waals surface area contributed by atoms with Crippen molar-refractivity contribution in [1.82, 2.24) is 9.55 Å². The monoisotopic (exact) mass is 232 g/mol. The van der Waals surface area contributed by atoms with E-state index in [1.54, 1.807) is 13.8 Å². The van der Waals surface area contributed by atoms with Crippen molar-refractivity contribution < 1.29 is 4.74 Å². The molecule has 0 atom stereocenters. The molecule has 0 aromatic carbocycles. The zero-order chi connectivity index (χ0) is 11.6. The summed E-state index contributed by atoms with van der Waals surface area (Å²) in [7, 11) is 1.51. The number of ether oxygens (including phenoxy) is 1. The molecule has 15 heavy (non-hydrogen) atoms. The maximum atomic E-state index is 11.6. The van der Waals surface area contributed by atoms with E-state index in [2.05, 4.69) is 4.98 Å². The van der Waals surface area contributed by atoms with Gasteiger partial charge in [0.05, 0.1) is 12.1 Å². The Labute approximate surface area is 91.6 Å². The number of nitrogens with one attached hydrogen (secondary N) is 1. The predicted molar refractivity (Wildman–Crippen MR) is 57.5 cm³/mol. The molecule has 0 saturated heterocycles. The van der Waals surface area contributed by atoms with Gasteiger partial charge < -0.3 is 4.74 Å². The number of H-pyrrole nitrogens is 1. The summed E-state index contributed by atoms with van der Waals surface area (Å²) in [6.45, 7) is 3.74. The van der Waals surface area contributed by atoms with Gasteiger partial charge in [-0.05, 0) is 13.8 Å². The van der Waals surface area contributed by atoms with Crippen molar-refractivity contribution in [3.05, 3.63) is 32.1 Å². The zero-order valence-electron chi connectivity index (χ0n) is 8.83. The Morgan fingerprint density at radius 1 is 1.53 bits per heavy atom. The first-order valence-corrected chi connectivity index (χ1v) is 4.77. The van der Waals surface area contributed by atoms with Crippen LogP contribution in [0.15, 0.2) is 15.7 Å². The lowest BCUT2D eigenvalue weighted by atomic mass is 10.1. The van der Waals surface area contributed by atoms with Gasteiger partial charge in [0.1, 0.15) is 5.15 Å². The van der Waals surface area contributed by atoms with Crippen LogP contribution in [-0.2, 0) is 10.3 Å². The van der Waals surface area contributed by atoms with Gasteiger partial charge in [0, 0.05) is 13.2 Å². The van der Waals surface area contributed by atoms with Crippen molar-refractivity contribution in [3.8, 4) is 0 Å². The molecule has 0 aliphatic heterocycles. The van der Waals surface area contributed by atoms with Gasteiger partial charge in [0.25, 0.3) is 5.56 Å². The third kappa shape index (κ3) is 2.49. The zero-order valence-corrected chi connectivity index (χ0v) is 9.59. The topological polar surface area (TPSA) is 64.1 Å². The van der Waals surface area contributed by atoms with Crippen molar-refractivity contribution in [2.75, 3.05) is 13.7 Å². The van der Waals surface area contributed by atoms with Crippen LogP contribution in [0.4, 0.5) is 0 Å². The van der Waals surface area contributed by atoms with Gasteiger partial charge in [-0.1, -0.05) is 11.6 Å². The van der Waals surface area contributed by atoms with Crippen LogP contribution in [0, 0.1) is 0 Å². The minimum Gasteiger partial charge on any atom is -0.382 e. The summed E-state index contributed by atoms with van der Waals surface area (Å²) in [6.07, 6.45) is 0. The normalized spacial score (nSPS) is 11.7. The molecule has 0 fully saturated rings. The number of halogens is 1. The van der Waals surface area contributed by atoms with E-state index in [0.717, 1.165) is 4.57 Å². The summed E-state index contributed by atoms with van der Waals surface area (Å²) in [5.74, 6) is 0. The van der Waals surface area contributed by atoms with Crippen LogP contribution in [0.3, 0.4) is 0 Å². The molecule has 0 saturated carbocycles. The van der Waals surface area contributed by atoms with Gasteiger partial charge in [-0.3, -0.25) is 14.3 Å². The molecule has 0 spiro atoms. The van der Waals surface area contributed by atoms with Crippen LogP contribution < -0.4 is 11.2 Å². The summed E-state index contributed by atoms with van der Waals surface area (Å²) in [6, 6.07) is 1.17. The maximum Gasteiger partial charge on any atom is 0.330 e. The number of methoxy groups -OCH3 is 1. The first kappa shape index (κ1) is 12.0. The Morgan fingerprint density at radius 2 is 2.13 bits per heavy atom. The van der Waals surface area contributed by atoms with Crippen LogP contribution in [-0.4, -0.2) is 23.3 Å². The third-order valence-corrected chi connectivity index (χ3v) is 2.21. The Morgan fingerprint density at radius 3 is 2.60 bits per heavy atom. The van der Waals surface area contributed by atoms with Gasteiger partial charge in [0.2, 0.25) is 0 Å². The van der Waals surface area contributed by atoms with Gasteiger partial charge in [-0.25, -0.2) is 4.79 Å². The Hall–Kier alpha value is -1.07. The number of hydrogen-bond donors (Lipinski definition) is 1. The molecule has 0 aliphatic rings. The second-order valence-electron chi connectivity index (χ2n) is 3.84. The van der Waals surface area contributed by atoms with E-state index < -0.39 is 16.8 Å². The van der Waals surface area contributed by atoms with Crippen molar-refractivity contribution in [1.29, 1.82) is 0 Å². The van der Waals surface area contributed by atoms with Gasteiger partial charge in [-0.2, -0.15) is 0 Å². The lowest BCUT2D eigenvalue weighted by molar-refractivity contribution is 0.104. The van der Waals surface area contributed by atoms with E-state index in [-0.39, 0.29) is 11.8 Å². The molecule has 1 aromatic heterocycles. The van der Waals surface area contributed by atoms with E-state index in [0.29, 0.717) is 0 Å². The molecule has 6 heteroatoms. The lowest BCUT2D eigenvalue weighted by Gasteiger charge is -2.25. The molecule has 0 unspecified atom stereocenters. The molecule has 0 amide bonds. The summed E-state index contributed by atoms with van der Waals surface area (Å²) < 4.78 is 6.04. The number of rotatable bonds is 3. The van der Waals surface area contributed by atoms with Crippen molar-refractivity contribution >= 4 is 11.6 Å². The van der Waals surface area contributed by atoms with E-state index >= 15 is 0 Å². The lowest BCUT2D eigenvalue weighted by Crippen LogP contribution is -2.48. The first-order valence-electron chi connectivity index (χ1n) is 4.40. The van der Waals surface area contributed by atoms with Crippen LogP contribution in [0.1, 0.15) is 13.8 Å². The summed E-state index contributed by atoms with van der Waals surface area (Å²) in [5.41, 5.74) is -1.68. The van der Waals surface area contributed by atoms with Gasteiger partial charge >= 0.3 is 5.69 Å². The van der Waals surface area contributed by atoms with E-state index in [1.165, 1.54) is 13.2 Å². The van der Waals surface area contributed by atoms with Crippen molar-refractivity contribution in [2.45, 2.75) is 19.4 Å². The molecule has 0 bridgehead atoms. The van der Waals surface area contributed by atoms with Crippen LogP contribution in [0.5, 0.6) is 0 Å². The van der Waals surface area contributed by atoms with Gasteiger partial charge in [0.15, 0.2) is 0 Å².